The molecule has 0 heterocycles. The molecule has 0 saturated heterocycles. The van der Waals surface area contributed by atoms with Crippen molar-refractivity contribution in [2.75, 3.05) is 5.32 Å². The van der Waals surface area contributed by atoms with Gasteiger partial charge in [-0.2, -0.15) is 32.2 Å². The summed E-state index contributed by atoms with van der Waals surface area (Å²) in [6, 6.07) is 25.1. The molecule has 0 atom stereocenters. The summed E-state index contributed by atoms with van der Waals surface area (Å²) in [4.78, 5) is 11.5. The molecule has 0 aliphatic carbocycles. The van der Waals surface area contributed by atoms with Gasteiger partial charge in [0.1, 0.15) is 10.6 Å². The summed E-state index contributed by atoms with van der Waals surface area (Å²) in [6.07, 6.45) is 0. The average molecular weight is 680 g/mol. The summed E-state index contributed by atoms with van der Waals surface area (Å²) in [7, 11) is -9.18. The Morgan fingerprint density at radius 2 is 1.15 bits per heavy atom. The van der Waals surface area contributed by atoms with E-state index in [-0.39, 0.29) is 80.5 Å². The first-order chi connectivity index (χ1) is 20.9. The minimum absolute atomic E-state index is 0. The number of nitrogens with zero attached hydrogens (tertiary/aromatic N) is 4. The van der Waals surface area contributed by atoms with Crippen LogP contribution in [-0.4, -0.2) is 96.1 Å². The van der Waals surface area contributed by atoms with Crippen molar-refractivity contribution >= 4 is 124 Å². The second-order valence-electron chi connectivity index (χ2n) is 9.19. The van der Waals surface area contributed by atoms with Gasteiger partial charge in [-0.15, -0.1) is 5.11 Å². The van der Waals surface area contributed by atoms with E-state index in [4.69, 9.17) is 4.55 Å². The van der Waals surface area contributed by atoms with Crippen molar-refractivity contribution in [2.24, 2.45) is 20.5 Å². The summed E-state index contributed by atoms with van der Waals surface area (Å²) < 4.78 is 65.7. The van der Waals surface area contributed by atoms with Crippen molar-refractivity contribution < 1.29 is 35.8 Å². The van der Waals surface area contributed by atoms with Gasteiger partial charge in [0, 0.05) is 16.6 Å². The third kappa shape index (κ3) is 9.13. The molecule has 0 radical (unpaired) electrons. The SMILES string of the molecule is O=C(Nc1ccc2c(O)c(/N=N/c3ccc(/N=N/c4ccc(S(=O)(=O)O)cc4)cc3)c(S(=O)(=O)O)cc2c1)c1ccccc1.[NaH].[NaH]. The Labute approximate surface area is 307 Å². The first-order valence-corrected chi connectivity index (χ1v) is 15.4. The molecule has 17 heteroatoms. The average Bonchev–Trinajstić information content (AvgIpc) is 2.99. The summed E-state index contributed by atoms with van der Waals surface area (Å²) in [5.41, 5.74) is 1.23. The number of nitrogens with one attached hydrogen (secondary N) is 1. The minimum atomic E-state index is -4.86. The number of amides is 1. The Hall–Kier alpha value is -3.35. The van der Waals surface area contributed by atoms with Gasteiger partial charge in [-0.1, -0.05) is 18.2 Å². The van der Waals surface area contributed by atoms with Crippen molar-refractivity contribution in [1.29, 1.82) is 0 Å². The van der Waals surface area contributed by atoms with Crippen LogP contribution < -0.4 is 5.32 Å². The van der Waals surface area contributed by atoms with Crippen LogP contribution in [-0.2, 0) is 20.2 Å². The molecule has 0 bridgehead atoms. The van der Waals surface area contributed by atoms with Crippen LogP contribution in [0.25, 0.3) is 10.8 Å². The molecule has 0 unspecified atom stereocenters. The van der Waals surface area contributed by atoms with E-state index in [1.807, 2.05) is 0 Å². The molecule has 0 fully saturated rings. The van der Waals surface area contributed by atoms with Crippen LogP contribution in [0.3, 0.4) is 0 Å². The number of benzene rings is 5. The molecule has 0 spiro atoms. The van der Waals surface area contributed by atoms with Crippen LogP contribution in [0.5, 0.6) is 5.75 Å². The predicted octanol–water partition coefficient (Wildman–Crippen LogP) is 5.82. The molecular formula is C29H23N5Na2O8S2. The number of hydrogen-bond acceptors (Lipinski definition) is 10. The van der Waals surface area contributed by atoms with E-state index in [2.05, 4.69) is 25.8 Å². The number of hydrogen-bond donors (Lipinski definition) is 4. The first-order valence-electron chi connectivity index (χ1n) is 12.5. The second-order valence-corrected chi connectivity index (χ2v) is 12.0. The number of rotatable bonds is 8. The second kappa shape index (κ2) is 15.5. The molecule has 0 aliphatic rings. The van der Waals surface area contributed by atoms with Crippen molar-refractivity contribution in [2.45, 2.75) is 9.79 Å². The molecule has 226 valence electrons. The number of anilines is 1. The number of carbonyl (C=O) groups is 1. The van der Waals surface area contributed by atoms with Crippen LogP contribution in [0, 0.1) is 0 Å². The fraction of sp³-hybridized carbons (Fsp3) is 0. The fourth-order valence-corrected chi connectivity index (χ4v) is 5.15. The van der Waals surface area contributed by atoms with Crippen LogP contribution in [0.2, 0.25) is 0 Å². The van der Waals surface area contributed by atoms with E-state index in [1.54, 1.807) is 30.3 Å². The molecular weight excluding hydrogens is 656 g/mol. The summed E-state index contributed by atoms with van der Waals surface area (Å²) in [6.45, 7) is 0. The number of phenolic OH excluding ortho intramolecular Hbond substituents is 1. The Bertz CT molecular complexity index is 2160. The molecule has 46 heavy (non-hydrogen) atoms. The van der Waals surface area contributed by atoms with E-state index < -0.39 is 42.5 Å². The van der Waals surface area contributed by atoms with Crippen molar-refractivity contribution in [1.82, 2.24) is 0 Å². The van der Waals surface area contributed by atoms with E-state index >= 15 is 0 Å². The Morgan fingerprint density at radius 3 is 1.67 bits per heavy atom. The zero-order valence-corrected chi connectivity index (χ0v) is 23.9. The number of azo groups is 2. The third-order valence-corrected chi connectivity index (χ3v) is 7.89. The third-order valence-electron chi connectivity index (χ3n) is 6.15. The number of fused-ring (bicyclic) bond motifs is 1. The van der Waals surface area contributed by atoms with Crippen molar-refractivity contribution in [3.63, 3.8) is 0 Å². The molecule has 13 nitrogen and oxygen atoms in total. The van der Waals surface area contributed by atoms with Gasteiger partial charge in [0.2, 0.25) is 0 Å². The standard InChI is InChI=1S/C29H21N5O8S2.2Na.2H/c35-28-25-15-12-23(30-29(36)18-4-2-1-3-5-18)16-19(25)17-26(44(40,41)42)27(28)34-33-21-8-6-20(7-9-21)31-32-22-10-13-24(14-11-22)43(37,38)39;;;;/h1-17,35H,(H,30,36)(H,37,38,39)(H,40,41,42);;;;/b32-31+,34-33+;;;;. The van der Waals surface area contributed by atoms with Gasteiger partial charge >= 0.3 is 59.1 Å². The van der Waals surface area contributed by atoms with Crippen molar-refractivity contribution in [3.8, 4) is 5.75 Å². The van der Waals surface area contributed by atoms with Crippen LogP contribution in [0.4, 0.5) is 28.4 Å². The van der Waals surface area contributed by atoms with E-state index in [0.29, 0.717) is 22.6 Å². The van der Waals surface area contributed by atoms with Gasteiger partial charge in [0.25, 0.3) is 26.1 Å². The van der Waals surface area contributed by atoms with Gasteiger partial charge < -0.3 is 10.4 Å². The number of aromatic hydroxyl groups is 1. The normalized spacial score (nSPS) is 11.7. The van der Waals surface area contributed by atoms with Gasteiger partial charge in [-0.05, 0) is 90.3 Å². The van der Waals surface area contributed by atoms with Crippen LogP contribution >= 0.6 is 0 Å². The molecule has 5 aromatic rings. The molecule has 5 aromatic carbocycles. The molecule has 4 N–H and O–H groups in total. The zero-order chi connectivity index (χ0) is 31.5. The maximum atomic E-state index is 12.5. The summed E-state index contributed by atoms with van der Waals surface area (Å²) >= 11 is 0. The molecule has 0 aliphatic heterocycles. The first kappa shape index (κ1) is 37.1. The number of phenols is 1. The van der Waals surface area contributed by atoms with Gasteiger partial charge in [-0.25, -0.2) is 0 Å². The quantitative estimate of drug-likeness (QED) is 0.0890. The summed E-state index contributed by atoms with van der Waals surface area (Å²) in [5.74, 6) is -0.943. The Morgan fingerprint density at radius 1 is 0.630 bits per heavy atom. The van der Waals surface area contributed by atoms with Gasteiger partial charge in [0.05, 0.1) is 22.0 Å². The fourth-order valence-electron chi connectivity index (χ4n) is 4.01. The molecule has 5 rings (SSSR count). The van der Waals surface area contributed by atoms with E-state index in [1.165, 1.54) is 66.7 Å². The molecule has 0 saturated carbocycles. The topological polar surface area (TPSA) is 208 Å². The predicted molar refractivity (Wildman–Crippen MR) is 175 cm³/mol. The van der Waals surface area contributed by atoms with Gasteiger partial charge in [-0.3, -0.25) is 13.9 Å². The van der Waals surface area contributed by atoms with Crippen LogP contribution in [0.1, 0.15) is 10.4 Å². The van der Waals surface area contributed by atoms with Crippen LogP contribution in [0.15, 0.2) is 133 Å². The number of carbonyl (C=O) groups excluding carboxylic acids is 1. The Balaban J connectivity index is 0.00000288. The van der Waals surface area contributed by atoms with E-state index in [9.17, 15) is 31.3 Å². The maximum absolute atomic E-state index is 12.5. The summed E-state index contributed by atoms with van der Waals surface area (Å²) in [5, 5.41) is 29.9. The molecule has 1 amide bonds. The Kier molecular flexibility index (Phi) is 12.5. The van der Waals surface area contributed by atoms with Gasteiger partial charge in [0.15, 0.2) is 5.75 Å². The van der Waals surface area contributed by atoms with Crippen molar-refractivity contribution in [3.05, 3.63) is 109 Å². The van der Waals surface area contributed by atoms with E-state index in [0.717, 1.165) is 6.07 Å². The zero-order valence-electron chi connectivity index (χ0n) is 22.3. The monoisotopic (exact) mass is 679 g/mol. The molecule has 0 aromatic heterocycles.